The highest BCUT2D eigenvalue weighted by Gasteiger charge is 2.15. The molecule has 0 aliphatic rings. The van der Waals surface area contributed by atoms with E-state index in [9.17, 15) is 4.79 Å². The Hall–Kier alpha value is -1.13. The van der Waals surface area contributed by atoms with E-state index >= 15 is 0 Å². The van der Waals surface area contributed by atoms with Crippen molar-refractivity contribution in [3.63, 3.8) is 0 Å². The topological polar surface area (TPSA) is 36.4 Å². The molecule has 0 unspecified atom stereocenters. The maximum Gasteiger partial charge on any atom is 0.256 e. The number of aromatic nitrogens is 1. The second-order valence-corrected chi connectivity index (χ2v) is 4.23. The summed E-state index contributed by atoms with van der Waals surface area (Å²) in [6.07, 6.45) is 1.57. The quantitative estimate of drug-likeness (QED) is 0.747. The number of rotatable bonds is 4. The average Bonchev–Trinajstić information content (AvgIpc) is 2.25. The highest BCUT2D eigenvalue weighted by atomic mass is 35.5. The maximum absolute atomic E-state index is 12.0. The van der Waals surface area contributed by atoms with Crippen molar-refractivity contribution in [1.29, 1.82) is 0 Å². The van der Waals surface area contributed by atoms with Gasteiger partial charge in [0.15, 0.2) is 0 Å². The molecule has 1 heterocycles. The predicted molar refractivity (Wildman–Crippen MR) is 64.8 cm³/mol. The van der Waals surface area contributed by atoms with Crippen LogP contribution in [-0.4, -0.2) is 54.9 Å². The van der Waals surface area contributed by atoms with Crippen LogP contribution in [-0.2, 0) is 0 Å². The molecule has 4 nitrogen and oxygen atoms in total. The molecule has 0 atom stereocenters. The first-order valence-corrected chi connectivity index (χ1v) is 5.41. The van der Waals surface area contributed by atoms with Crippen LogP contribution in [0.5, 0.6) is 0 Å². The molecule has 0 fully saturated rings. The summed E-state index contributed by atoms with van der Waals surface area (Å²) in [5.41, 5.74) is 0.449. The van der Waals surface area contributed by atoms with Crippen LogP contribution in [0.4, 0.5) is 0 Å². The molecule has 0 aliphatic heterocycles. The molecule has 0 aromatic carbocycles. The monoisotopic (exact) mass is 241 g/mol. The standard InChI is InChI=1S/C11H16ClN3O/c1-14(2)7-8-15(3)11(16)9-5-4-6-13-10(9)12/h4-6H,7-8H2,1-3H3. The molecule has 1 amide bonds. The van der Waals surface area contributed by atoms with Gasteiger partial charge in [-0.25, -0.2) is 4.98 Å². The number of hydrogen-bond donors (Lipinski definition) is 0. The molecule has 1 aromatic rings. The van der Waals surface area contributed by atoms with Crippen LogP contribution in [0, 0.1) is 0 Å². The molecule has 0 bridgehead atoms. The molecular formula is C11H16ClN3O. The number of halogens is 1. The fourth-order valence-corrected chi connectivity index (χ4v) is 1.40. The first kappa shape index (κ1) is 12.9. The van der Waals surface area contributed by atoms with Crippen LogP contribution in [0.15, 0.2) is 18.3 Å². The molecule has 0 radical (unpaired) electrons. The van der Waals surface area contributed by atoms with Crippen LogP contribution >= 0.6 is 11.6 Å². The van der Waals surface area contributed by atoms with E-state index in [2.05, 4.69) is 4.98 Å². The second-order valence-electron chi connectivity index (χ2n) is 3.87. The molecule has 0 N–H and O–H groups in total. The number of nitrogens with zero attached hydrogens (tertiary/aromatic N) is 3. The lowest BCUT2D eigenvalue weighted by molar-refractivity contribution is 0.0786. The molecule has 0 saturated heterocycles. The fraction of sp³-hybridized carbons (Fsp3) is 0.455. The van der Waals surface area contributed by atoms with Crippen molar-refractivity contribution < 1.29 is 4.79 Å². The fourth-order valence-electron chi connectivity index (χ4n) is 1.20. The number of likely N-dealkylation sites (N-methyl/N-ethyl adjacent to an activating group) is 2. The number of carbonyl (C=O) groups excluding carboxylic acids is 1. The van der Waals surface area contributed by atoms with Crippen molar-refractivity contribution in [3.05, 3.63) is 29.0 Å². The first-order chi connectivity index (χ1) is 7.52. The summed E-state index contributed by atoms with van der Waals surface area (Å²) < 4.78 is 0. The first-order valence-electron chi connectivity index (χ1n) is 5.03. The minimum absolute atomic E-state index is 0.0973. The minimum atomic E-state index is -0.0973. The third kappa shape index (κ3) is 3.47. The Morgan fingerprint density at radius 1 is 1.38 bits per heavy atom. The van der Waals surface area contributed by atoms with Gasteiger partial charge in [0.05, 0.1) is 5.56 Å². The number of hydrogen-bond acceptors (Lipinski definition) is 3. The number of pyridine rings is 1. The summed E-state index contributed by atoms with van der Waals surface area (Å²) in [5.74, 6) is -0.0973. The van der Waals surface area contributed by atoms with E-state index < -0.39 is 0 Å². The summed E-state index contributed by atoms with van der Waals surface area (Å²) in [7, 11) is 5.69. The summed E-state index contributed by atoms with van der Waals surface area (Å²) in [4.78, 5) is 19.5. The second kappa shape index (κ2) is 5.82. The van der Waals surface area contributed by atoms with Gasteiger partial charge >= 0.3 is 0 Å². The van der Waals surface area contributed by atoms with E-state index in [1.54, 1.807) is 30.3 Å². The summed E-state index contributed by atoms with van der Waals surface area (Å²) in [5, 5.41) is 0.254. The van der Waals surface area contributed by atoms with Crippen LogP contribution in [0.3, 0.4) is 0 Å². The summed E-state index contributed by atoms with van der Waals surface area (Å²) >= 11 is 5.86. The van der Waals surface area contributed by atoms with E-state index in [-0.39, 0.29) is 11.1 Å². The molecule has 0 saturated carbocycles. The third-order valence-corrected chi connectivity index (χ3v) is 2.52. The van der Waals surface area contributed by atoms with Gasteiger partial charge in [-0.1, -0.05) is 11.6 Å². The molecule has 0 aliphatic carbocycles. The van der Waals surface area contributed by atoms with Gasteiger partial charge in [-0.2, -0.15) is 0 Å². The Labute approximate surface area is 101 Å². The lowest BCUT2D eigenvalue weighted by atomic mass is 10.2. The lowest BCUT2D eigenvalue weighted by Crippen LogP contribution is -2.33. The van der Waals surface area contributed by atoms with Gasteiger partial charge in [-0.15, -0.1) is 0 Å². The number of amides is 1. The van der Waals surface area contributed by atoms with Gasteiger partial charge < -0.3 is 9.80 Å². The van der Waals surface area contributed by atoms with E-state index in [4.69, 9.17) is 11.6 Å². The Balaban J connectivity index is 2.67. The molecule has 1 rings (SSSR count). The van der Waals surface area contributed by atoms with Gasteiger partial charge in [0.25, 0.3) is 5.91 Å². The molecule has 16 heavy (non-hydrogen) atoms. The SMILES string of the molecule is CN(C)CCN(C)C(=O)c1cccnc1Cl. The Bertz CT molecular complexity index is 368. The largest absolute Gasteiger partial charge is 0.340 e. The average molecular weight is 242 g/mol. The van der Waals surface area contributed by atoms with Gasteiger partial charge in [-0.3, -0.25) is 4.79 Å². The Morgan fingerprint density at radius 2 is 2.06 bits per heavy atom. The van der Waals surface area contributed by atoms with Gasteiger partial charge in [0, 0.05) is 26.3 Å². The lowest BCUT2D eigenvalue weighted by Gasteiger charge is -2.19. The van der Waals surface area contributed by atoms with E-state index in [0.29, 0.717) is 12.1 Å². The van der Waals surface area contributed by atoms with Crippen molar-refractivity contribution in [3.8, 4) is 0 Å². The van der Waals surface area contributed by atoms with Gasteiger partial charge in [0.1, 0.15) is 5.15 Å². The van der Waals surface area contributed by atoms with Gasteiger partial charge in [0.2, 0.25) is 0 Å². The zero-order valence-corrected chi connectivity index (χ0v) is 10.5. The highest BCUT2D eigenvalue weighted by molar-refractivity contribution is 6.32. The normalized spacial score (nSPS) is 10.6. The van der Waals surface area contributed by atoms with Crippen molar-refractivity contribution in [1.82, 2.24) is 14.8 Å². The molecule has 5 heteroatoms. The molecular weight excluding hydrogens is 226 g/mol. The smallest absolute Gasteiger partial charge is 0.256 e. The zero-order valence-electron chi connectivity index (χ0n) is 9.77. The highest BCUT2D eigenvalue weighted by Crippen LogP contribution is 2.13. The molecule has 0 spiro atoms. The van der Waals surface area contributed by atoms with Crippen LogP contribution in [0.2, 0.25) is 5.15 Å². The Morgan fingerprint density at radius 3 is 2.62 bits per heavy atom. The van der Waals surface area contributed by atoms with E-state index in [1.165, 1.54) is 0 Å². The predicted octanol–water partition coefficient (Wildman–Crippen LogP) is 1.37. The van der Waals surface area contributed by atoms with Crippen molar-refractivity contribution in [2.24, 2.45) is 0 Å². The van der Waals surface area contributed by atoms with Gasteiger partial charge in [-0.05, 0) is 26.2 Å². The Kier molecular flexibility index (Phi) is 4.71. The van der Waals surface area contributed by atoms with Crippen LogP contribution in [0.25, 0.3) is 0 Å². The molecule has 1 aromatic heterocycles. The maximum atomic E-state index is 12.0. The van der Waals surface area contributed by atoms with E-state index in [1.807, 2.05) is 19.0 Å². The number of carbonyl (C=O) groups is 1. The third-order valence-electron chi connectivity index (χ3n) is 2.22. The zero-order chi connectivity index (χ0) is 12.1. The van der Waals surface area contributed by atoms with Crippen molar-refractivity contribution >= 4 is 17.5 Å². The molecule has 88 valence electrons. The summed E-state index contributed by atoms with van der Waals surface area (Å²) in [6.45, 7) is 1.48. The van der Waals surface area contributed by atoms with Crippen LogP contribution < -0.4 is 0 Å². The van der Waals surface area contributed by atoms with Crippen molar-refractivity contribution in [2.45, 2.75) is 0 Å². The minimum Gasteiger partial charge on any atom is -0.340 e. The van der Waals surface area contributed by atoms with Crippen molar-refractivity contribution in [2.75, 3.05) is 34.2 Å². The van der Waals surface area contributed by atoms with Crippen LogP contribution in [0.1, 0.15) is 10.4 Å². The van der Waals surface area contributed by atoms with E-state index in [0.717, 1.165) is 6.54 Å². The summed E-state index contributed by atoms with van der Waals surface area (Å²) in [6, 6.07) is 3.39.